The van der Waals surface area contributed by atoms with Gasteiger partial charge in [-0.25, -0.2) is 5.43 Å². The van der Waals surface area contributed by atoms with E-state index in [2.05, 4.69) is 5.43 Å². The van der Waals surface area contributed by atoms with Gasteiger partial charge in [0, 0.05) is 12.4 Å². The van der Waals surface area contributed by atoms with E-state index in [0.717, 1.165) is 23.4 Å². The van der Waals surface area contributed by atoms with Crippen LogP contribution in [0.15, 0.2) is 60.9 Å². The summed E-state index contributed by atoms with van der Waals surface area (Å²) in [6.45, 7) is 0.0907. The second-order valence-electron chi connectivity index (χ2n) is 7.08. The van der Waals surface area contributed by atoms with Crippen molar-refractivity contribution in [2.24, 2.45) is 0 Å². The van der Waals surface area contributed by atoms with Gasteiger partial charge in [0.25, 0.3) is 5.91 Å². The fourth-order valence-corrected chi connectivity index (χ4v) is 3.69. The predicted octanol–water partition coefficient (Wildman–Crippen LogP) is 3.85. The molecule has 0 spiro atoms. The summed E-state index contributed by atoms with van der Waals surface area (Å²) in [5, 5.41) is 1.76. The van der Waals surface area contributed by atoms with Crippen LogP contribution in [0.1, 0.15) is 29.2 Å². The number of carbonyl (C=O) groups excluding carboxylic acids is 1. The highest BCUT2D eigenvalue weighted by Gasteiger charge is 2.40. The number of fused-ring (bicyclic) bond motifs is 1. The maximum absolute atomic E-state index is 12.9. The lowest BCUT2D eigenvalue weighted by atomic mass is 10.0. The van der Waals surface area contributed by atoms with E-state index in [4.69, 9.17) is 4.74 Å². The molecule has 2 heterocycles. The maximum atomic E-state index is 12.9. The van der Waals surface area contributed by atoms with Crippen LogP contribution in [-0.4, -0.2) is 29.0 Å². The topological polar surface area (TPSA) is 44.8 Å². The number of benzene rings is 2. The normalized spacial score (nSPS) is 21.4. The number of alkyl halides is 3. The van der Waals surface area contributed by atoms with Crippen molar-refractivity contribution in [2.75, 3.05) is 7.11 Å². The lowest BCUT2D eigenvalue weighted by Gasteiger charge is -2.32. The molecule has 4 rings (SSSR count). The number of nitrogens with one attached hydrogen (secondary N) is 1. The Morgan fingerprint density at radius 2 is 1.93 bits per heavy atom. The lowest BCUT2D eigenvalue weighted by Crippen LogP contribution is -2.47. The third kappa shape index (κ3) is 3.93. The van der Waals surface area contributed by atoms with E-state index in [1.807, 2.05) is 24.3 Å². The van der Waals surface area contributed by atoms with E-state index in [1.54, 1.807) is 30.6 Å². The largest absolute Gasteiger partial charge is 0.497 e. The molecule has 8 heteroatoms. The van der Waals surface area contributed by atoms with Crippen LogP contribution in [-0.2, 0) is 17.5 Å². The summed E-state index contributed by atoms with van der Waals surface area (Å²) in [5.74, 6) is 0.588. The number of halogens is 3. The van der Waals surface area contributed by atoms with Crippen molar-refractivity contribution in [3.63, 3.8) is 0 Å². The Labute approximate surface area is 166 Å². The lowest BCUT2D eigenvalue weighted by molar-refractivity contribution is -0.137. The van der Waals surface area contributed by atoms with Crippen molar-refractivity contribution in [1.82, 2.24) is 15.3 Å². The minimum absolute atomic E-state index is 0.0581. The standard InChI is InChI=1S/C21H20F3N3O2/c1-29-17-7-3-5-15(11-17)18-12-19-20(28)26(8-9-27(19)25-18)13-14-4-2-6-16(10-14)21(22,23)24/h2-11,18-19,25H,12-13H2,1H3. The molecule has 2 atom stereocenters. The molecule has 2 aliphatic heterocycles. The summed E-state index contributed by atoms with van der Waals surface area (Å²) in [5.41, 5.74) is 4.02. The molecule has 0 saturated carbocycles. The predicted molar refractivity (Wildman–Crippen MR) is 100 cm³/mol. The molecule has 0 bridgehead atoms. The molecule has 2 aromatic carbocycles. The highest BCUT2D eigenvalue weighted by Crippen LogP contribution is 2.33. The number of hydrogen-bond donors (Lipinski definition) is 1. The van der Waals surface area contributed by atoms with Crippen molar-refractivity contribution in [1.29, 1.82) is 0 Å². The second kappa shape index (κ2) is 7.44. The first-order valence-corrected chi connectivity index (χ1v) is 9.18. The quantitative estimate of drug-likeness (QED) is 0.843. The summed E-state index contributed by atoms with van der Waals surface area (Å²) in [6.07, 6.45) is -0.511. The van der Waals surface area contributed by atoms with Gasteiger partial charge in [-0.1, -0.05) is 24.3 Å². The van der Waals surface area contributed by atoms with Crippen LogP contribution >= 0.6 is 0 Å². The number of methoxy groups -OCH3 is 1. The van der Waals surface area contributed by atoms with Gasteiger partial charge in [-0.2, -0.15) is 13.2 Å². The Balaban J connectivity index is 1.48. The third-order valence-electron chi connectivity index (χ3n) is 5.18. The Morgan fingerprint density at radius 3 is 2.69 bits per heavy atom. The molecule has 0 aromatic heterocycles. The van der Waals surface area contributed by atoms with Gasteiger partial charge in [0.15, 0.2) is 0 Å². The van der Waals surface area contributed by atoms with Gasteiger partial charge >= 0.3 is 6.18 Å². The number of carbonyl (C=O) groups is 1. The summed E-state index contributed by atoms with van der Waals surface area (Å²) < 4.78 is 44.1. The van der Waals surface area contributed by atoms with Gasteiger partial charge in [-0.15, -0.1) is 0 Å². The first kappa shape index (κ1) is 19.3. The average molecular weight is 403 g/mol. The smallest absolute Gasteiger partial charge is 0.416 e. The van der Waals surface area contributed by atoms with E-state index in [1.165, 1.54) is 11.0 Å². The summed E-state index contributed by atoms with van der Waals surface area (Å²) in [4.78, 5) is 14.4. The van der Waals surface area contributed by atoms with Crippen LogP contribution in [0, 0.1) is 0 Å². The van der Waals surface area contributed by atoms with E-state index < -0.39 is 17.8 Å². The molecule has 1 N–H and O–H groups in total. The number of amides is 1. The molecule has 2 aliphatic rings. The van der Waals surface area contributed by atoms with E-state index >= 15 is 0 Å². The Bertz CT molecular complexity index is 945. The first-order valence-electron chi connectivity index (χ1n) is 9.18. The molecule has 2 aromatic rings. The van der Waals surface area contributed by atoms with Crippen molar-refractivity contribution in [2.45, 2.75) is 31.2 Å². The maximum Gasteiger partial charge on any atom is 0.416 e. The van der Waals surface area contributed by atoms with E-state index in [-0.39, 0.29) is 18.5 Å². The van der Waals surface area contributed by atoms with Gasteiger partial charge in [-0.05, 0) is 41.8 Å². The molecular weight excluding hydrogens is 383 g/mol. The van der Waals surface area contributed by atoms with Crippen LogP contribution in [0.4, 0.5) is 13.2 Å². The summed E-state index contributed by atoms with van der Waals surface area (Å²) >= 11 is 0. The highest BCUT2D eigenvalue weighted by molar-refractivity contribution is 5.84. The molecule has 5 nitrogen and oxygen atoms in total. The fourth-order valence-electron chi connectivity index (χ4n) is 3.69. The minimum atomic E-state index is -4.41. The SMILES string of the molecule is COc1cccc(C2CC3C(=O)N(Cc4cccc(C(F)(F)F)c4)C=CN3N2)c1. The number of ether oxygens (including phenoxy) is 1. The number of hydrazine groups is 1. The first-order chi connectivity index (χ1) is 13.8. The zero-order valence-corrected chi connectivity index (χ0v) is 15.7. The van der Waals surface area contributed by atoms with Gasteiger partial charge in [0.1, 0.15) is 11.8 Å². The highest BCUT2D eigenvalue weighted by atomic mass is 19.4. The fraction of sp³-hybridized carbons (Fsp3) is 0.286. The minimum Gasteiger partial charge on any atom is -0.497 e. The van der Waals surface area contributed by atoms with Crippen LogP contribution in [0.5, 0.6) is 5.75 Å². The van der Waals surface area contributed by atoms with Crippen LogP contribution in [0.3, 0.4) is 0 Å². The average Bonchev–Trinajstić information content (AvgIpc) is 3.15. The Kier molecular flexibility index (Phi) is 4.96. The number of hydrogen-bond acceptors (Lipinski definition) is 4. The third-order valence-corrected chi connectivity index (χ3v) is 5.18. The molecule has 152 valence electrons. The summed E-state index contributed by atoms with van der Waals surface area (Å²) in [7, 11) is 1.60. The Hall–Kier alpha value is -3.00. The summed E-state index contributed by atoms with van der Waals surface area (Å²) in [6, 6.07) is 12.2. The zero-order chi connectivity index (χ0) is 20.6. The van der Waals surface area contributed by atoms with Gasteiger partial charge < -0.3 is 14.6 Å². The molecule has 29 heavy (non-hydrogen) atoms. The van der Waals surface area contributed by atoms with Crippen molar-refractivity contribution in [3.05, 3.63) is 77.6 Å². The molecule has 0 aliphatic carbocycles. The zero-order valence-electron chi connectivity index (χ0n) is 15.7. The molecule has 1 saturated heterocycles. The Morgan fingerprint density at radius 1 is 1.14 bits per heavy atom. The molecule has 2 unspecified atom stereocenters. The van der Waals surface area contributed by atoms with Crippen LogP contribution in [0.25, 0.3) is 0 Å². The molecule has 1 fully saturated rings. The van der Waals surface area contributed by atoms with Gasteiger partial charge in [-0.3, -0.25) is 4.79 Å². The number of nitrogens with zero attached hydrogens (tertiary/aromatic N) is 2. The van der Waals surface area contributed by atoms with Crippen molar-refractivity contribution in [3.8, 4) is 5.75 Å². The molecule has 0 radical (unpaired) electrons. The monoisotopic (exact) mass is 403 g/mol. The van der Waals surface area contributed by atoms with E-state index in [9.17, 15) is 18.0 Å². The van der Waals surface area contributed by atoms with Crippen LogP contribution in [0.2, 0.25) is 0 Å². The number of rotatable bonds is 4. The van der Waals surface area contributed by atoms with E-state index in [0.29, 0.717) is 12.0 Å². The van der Waals surface area contributed by atoms with Crippen molar-refractivity contribution < 1.29 is 22.7 Å². The van der Waals surface area contributed by atoms with Crippen LogP contribution < -0.4 is 10.2 Å². The van der Waals surface area contributed by atoms with Gasteiger partial charge in [0.05, 0.1) is 25.3 Å². The molecule has 1 amide bonds. The molecular formula is C21H20F3N3O2. The van der Waals surface area contributed by atoms with Gasteiger partial charge in [0.2, 0.25) is 0 Å². The van der Waals surface area contributed by atoms with Crippen molar-refractivity contribution >= 4 is 5.91 Å². The second-order valence-corrected chi connectivity index (χ2v) is 7.08.